The largest absolute Gasteiger partial charge is 0.495 e. The standard InChI is InChI=1S/C28H32Cl2N4O4/c1-4-24(35)33-22-16-38-15-19(22)6-5-10-31-28-32-14-20-12-17(7-8-21(20)34-28)25-26(29)18(9-11-36-2)13-23(37-3)27(25)30/h4,7-8,12-14,19,22H,1,5-6,9-11,15-16H2,2-3H3,(H,33,35)(H,31,32,34)/t19-,22+/m1/s1. The molecular formula is C28H32Cl2N4O4. The molecule has 2 heterocycles. The number of aromatic nitrogens is 2. The van der Waals surface area contributed by atoms with Crippen molar-refractivity contribution in [3.05, 3.63) is 58.7 Å². The maximum Gasteiger partial charge on any atom is 0.243 e. The number of hydrogen-bond donors (Lipinski definition) is 2. The lowest BCUT2D eigenvalue weighted by Crippen LogP contribution is -2.39. The Kier molecular flexibility index (Phi) is 9.80. The number of amides is 1. The fraction of sp³-hybridized carbons (Fsp3) is 0.393. The highest BCUT2D eigenvalue weighted by Gasteiger charge is 2.28. The highest BCUT2D eigenvalue weighted by Crippen LogP contribution is 2.43. The minimum atomic E-state index is -0.168. The third kappa shape index (κ3) is 6.56. The van der Waals surface area contributed by atoms with Crippen LogP contribution in [-0.4, -0.2) is 62.5 Å². The average Bonchev–Trinajstić information content (AvgIpc) is 3.37. The molecule has 1 saturated heterocycles. The molecule has 3 aromatic rings. The molecule has 0 bridgehead atoms. The highest BCUT2D eigenvalue weighted by atomic mass is 35.5. The van der Waals surface area contributed by atoms with E-state index in [1.54, 1.807) is 20.4 Å². The van der Waals surface area contributed by atoms with Crippen LogP contribution in [0.1, 0.15) is 18.4 Å². The number of fused-ring (bicyclic) bond motifs is 1. The van der Waals surface area contributed by atoms with Gasteiger partial charge in [-0.1, -0.05) is 35.8 Å². The van der Waals surface area contributed by atoms with E-state index in [1.165, 1.54) is 6.08 Å². The van der Waals surface area contributed by atoms with Crippen molar-refractivity contribution < 1.29 is 19.0 Å². The zero-order valence-electron chi connectivity index (χ0n) is 21.6. The van der Waals surface area contributed by atoms with E-state index >= 15 is 0 Å². The first kappa shape index (κ1) is 28.1. The van der Waals surface area contributed by atoms with Gasteiger partial charge in [-0.05, 0) is 54.7 Å². The summed E-state index contributed by atoms with van der Waals surface area (Å²) in [5, 5.41) is 8.13. The first-order valence-corrected chi connectivity index (χ1v) is 13.3. The maximum absolute atomic E-state index is 11.6. The van der Waals surface area contributed by atoms with E-state index in [0.717, 1.165) is 34.9 Å². The molecule has 8 nitrogen and oxygen atoms in total. The number of halogens is 2. The van der Waals surface area contributed by atoms with Crippen molar-refractivity contribution in [1.82, 2.24) is 15.3 Å². The van der Waals surface area contributed by atoms with Crippen LogP contribution in [0.2, 0.25) is 10.0 Å². The van der Waals surface area contributed by atoms with E-state index in [4.69, 9.17) is 37.4 Å². The van der Waals surface area contributed by atoms with E-state index in [1.807, 2.05) is 24.3 Å². The molecule has 10 heteroatoms. The van der Waals surface area contributed by atoms with Crippen LogP contribution in [-0.2, 0) is 20.7 Å². The molecule has 38 heavy (non-hydrogen) atoms. The summed E-state index contributed by atoms with van der Waals surface area (Å²) in [6.45, 7) is 5.93. The van der Waals surface area contributed by atoms with Crippen LogP contribution in [0.15, 0.2) is 43.1 Å². The number of carbonyl (C=O) groups is 1. The molecule has 1 amide bonds. The number of carbonyl (C=O) groups excluding carboxylic acids is 1. The molecule has 202 valence electrons. The monoisotopic (exact) mass is 558 g/mol. The third-order valence-corrected chi connectivity index (χ3v) is 7.46. The van der Waals surface area contributed by atoms with Crippen LogP contribution in [0.5, 0.6) is 5.75 Å². The molecule has 1 fully saturated rings. The van der Waals surface area contributed by atoms with Crippen molar-refractivity contribution in [2.24, 2.45) is 5.92 Å². The lowest BCUT2D eigenvalue weighted by Gasteiger charge is -2.18. The summed E-state index contributed by atoms with van der Waals surface area (Å²) in [6, 6.07) is 7.73. The molecule has 0 spiro atoms. The molecule has 2 aromatic carbocycles. The van der Waals surface area contributed by atoms with E-state index in [9.17, 15) is 4.79 Å². The second-order valence-corrected chi connectivity index (χ2v) is 9.89. The summed E-state index contributed by atoms with van der Waals surface area (Å²) < 4.78 is 16.3. The fourth-order valence-corrected chi connectivity index (χ4v) is 5.32. The van der Waals surface area contributed by atoms with Crippen LogP contribution < -0.4 is 15.4 Å². The van der Waals surface area contributed by atoms with Gasteiger partial charge in [-0.25, -0.2) is 9.97 Å². The van der Waals surface area contributed by atoms with Crippen LogP contribution in [0.3, 0.4) is 0 Å². The summed E-state index contributed by atoms with van der Waals surface area (Å²) in [4.78, 5) is 20.8. The summed E-state index contributed by atoms with van der Waals surface area (Å²) in [5.41, 5.74) is 3.27. The minimum absolute atomic E-state index is 0.0225. The molecule has 1 aliphatic heterocycles. The number of benzene rings is 2. The van der Waals surface area contributed by atoms with Gasteiger partial charge < -0.3 is 24.8 Å². The van der Waals surface area contributed by atoms with Crippen molar-refractivity contribution in [3.8, 4) is 16.9 Å². The Hall–Kier alpha value is -2.91. The van der Waals surface area contributed by atoms with Crippen molar-refractivity contribution in [2.75, 3.05) is 45.9 Å². The van der Waals surface area contributed by atoms with E-state index < -0.39 is 0 Å². The number of rotatable bonds is 12. The molecular weight excluding hydrogens is 527 g/mol. The Labute approximate surface area is 232 Å². The zero-order chi connectivity index (χ0) is 27.1. The third-order valence-electron chi connectivity index (χ3n) is 6.65. The number of nitrogens with one attached hydrogen (secondary N) is 2. The van der Waals surface area contributed by atoms with Crippen LogP contribution in [0.25, 0.3) is 22.0 Å². The number of hydrogen-bond acceptors (Lipinski definition) is 7. The van der Waals surface area contributed by atoms with Crippen LogP contribution in [0, 0.1) is 5.92 Å². The highest BCUT2D eigenvalue weighted by molar-refractivity contribution is 6.40. The second-order valence-electron chi connectivity index (χ2n) is 9.14. The normalized spacial score (nSPS) is 16.9. The predicted octanol–water partition coefficient (Wildman–Crippen LogP) is 5.31. The zero-order valence-corrected chi connectivity index (χ0v) is 23.1. The molecule has 1 aromatic heterocycles. The predicted molar refractivity (Wildman–Crippen MR) is 151 cm³/mol. The maximum atomic E-state index is 11.6. The Morgan fingerprint density at radius 3 is 2.84 bits per heavy atom. The quantitative estimate of drug-likeness (QED) is 0.230. The summed E-state index contributed by atoms with van der Waals surface area (Å²) in [6.07, 6.45) is 5.53. The van der Waals surface area contributed by atoms with E-state index in [0.29, 0.717) is 60.1 Å². The number of nitrogens with zero attached hydrogens (tertiary/aromatic N) is 2. The molecule has 4 rings (SSSR count). The molecule has 1 aliphatic rings. The molecule has 0 unspecified atom stereocenters. The Morgan fingerprint density at radius 2 is 2.08 bits per heavy atom. The van der Waals surface area contributed by atoms with Gasteiger partial charge in [0.1, 0.15) is 5.75 Å². The molecule has 0 radical (unpaired) electrons. The lowest BCUT2D eigenvalue weighted by molar-refractivity contribution is -0.117. The first-order valence-electron chi connectivity index (χ1n) is 12.5. The Balaban J connectivity index is 1.44. The topological polar surface area (TPSA) is 94.6 Å². The van der Waals surface area contributed by atoms with E-state index in [-0.39, 0.29) is 17.9 Å². The Morgan fingerprint density at radius 1 is 1.24 bits per heavy atom. The van der Waals surface area contributed by atoms with Gasteiger partial charge in [-0.3, -0.25) is 4.79 Å². The van der Waals surface area contributed by atoms with Crippen LogP contribution >= 0.6 is 23.2 Å². The van der Waals surface area contributed by atoms with Gasteiger partial charge in [-0.2, -0.15) is 0 Å². The molecule has 2 atom stereocenters. The minimum Gasteiger partial charge on any atom is -0.495 e. The first-order chi connectivity index (χ1) is 18.4. The van der Waals surface area contributed by atoms with Gasteiger partial charge in [-0.15, -0.1) is 0 Å². The summed E-state index contributed by atoms with van der Waals surface area (Å²) in [5.74, 6) is 1.23. The number of methoxy groups -OCH3 is 2. The van der Waals surface area contributed by atoms with Gasteiger partial charge >= 0.3 is 0 Å². The lowest BCUT2D eigenvalue weighted by atomic mass is 9.98. The fourth-order valence-electron chi connectivity index (χ4n) is 4.58. The molecule has 0 saturated carbocycles. The smallest absolute Gasteiger partial charge is 0.243 e. The van der Waals surface area contributed by atoms with Crippen molar-refractivity contribution >= 4 is 46.0 Å². The van der Waals surface area contributed by atoms with Crippen molar-refractivity contribution in [2.45, 2.75) is 25.3 Å². The van der Waals surface area contributed by atoms with Crippen LogP contribution in [0.4, 0.5) is 5.95 Å². The molecule has 2 N–H and O–H groups in total. The number of anilines is 1. The second kappa shape index (κ2) is 13.2. The van der Waals surface area contributed by atoms with Gasteiger partial charge in [0.15, 0.2) is 0 Å². The molecule has 0 aliphatic carbocycles. The van der Waals surface area contributed by atoms with Gasteiger partial charge in [0.2, 0.25) is 11.9 Å². The average molecular weight is 559 g/mol. The van der Waals surface area contributed by atoms with Crippen molar-refractivity contribution in [1.29, 1.82) is 0 Å². The Bertz CT molecular complexity index is 1300. The summed E-state index contributed by atoms with van der Waals surface area (Å²) in [7, 11) is 3.24. The number of ether oxygens (including phenoxy) is 3. The summed E-state index contributed by atoms with van der Waals surface area (Å²) >= 11 is 13.5. The van der Waals surface area contributed by atoms with E-state index in [2.05, 4.69) is 27.2 Å². The van der Waals surface area contributed by atoms with Gasteiger partial charge in [0.25, 0.3) is 0 Å². The van der Waals surface area contributed by atoms with Crippen molar-refractivity contribution in [3.63, 3.8) is 0 Å². The SMILES string of the molecule is C=CC(=O)N[C@H]1COC[C@H]1CCCNc1ncc2cc(-c3c(Cl)c(CCOC)cc(OC)c3Cl)ccc2n1. The van der Waals surface area contributed by atoms with Gasteiger partial charge in [0, 0.05) is 36.7 Å². The van der Waals surface area contributed by atoms with Gasteiger partial charge in [0.05, 0.1) is 48.5 Å².